The van der Waals surface area contributed by atoms with Gasteiger partial charge < -0.3 is 9.64 Å². The second-order valence-corrected chi connectivity index (χ2v) is 9.98. The molecule has 1 aromatic carbocycles. The summed E-state index contributed by atoms with van der Waals surface area (Å²) in [5.74, 6) is 0.833. The highest BCUT2D eigenvalue weighted by molar-refractivity contribution is 7.13. The first-order chi connectivity index (χ1) is 14.5. The summed E-state index contributed by atoms with van der Waals surface area (Å²) in [5.41, 5.74) is 2.10. The number of carbonyl (C=O) groups is 1. The van der Waals surface area contributed by atoms with Gasteiger partial charge in [0.05, 0.1) is 22.9 Å². The lowest BCUT2D eigenvalue weighted by molar-refractivity contribution is -0.0728. The van der Waals surface area contributed by atoms with Gasteiger partial charge in [-0.15, -0.1) is 11.3 Å². The molecular formula is C24H33N3O2S. The molecule has 2 unspecified atom stereocenters. The van der Waals surface area contributed by atoms with Gasteiger partial charge >= 0.3 is 0 Å². The molecule has 6 heteroatoms. The number of amides is 1. The topological polar surface area (TPSA) is 45.7 Å². The SMILES string of the molecule is Cc1nc(Cc2ccccc2)sc1C(=O)N1CCC(CN2CC(C)OC(C)C2)CC1. The van der Waals surface area contributed by atoms with Crippen LogP contribution >= 0.6 is 11.3 Å². The van der Waals surface area contributed by atoms with E-state index in [4.69, 9.17) is 4.74 Å². The Morgan fingerprint density at radius 3 is 2.47 bits per heavy atom. The quantitative estimate of drug-likeness (QED) is 0.723. The maximum atomic E-state index is 13.1. The van der Waals surface area contributed by atoms with Gasteiger partial charge in [-0.25, -0.2) is 4.98 Å². The molecule has 1 aromatic heterocycles. The normalized spacial score (nSPS) is 23.6. The molecule has 2 fully saturated rings. The van der Waals surface area contributed by atoms with E-state index in [2.05, 4.69) is 35.9 Å². The zero-order valence-electron chi connectivity index (χ0n) is 18.3. The van der Waals surface area contributed by atoms with Crippen LogP contribution in [0.1, 0.15) is 52.6 Å². The highest BCUT2D eigenvalue weighted by Crippen LogP contribution is 2.26. The Labute approximate surface area is 184 Å². The maximum Gasteiger partial charge on any atom is 0.265 e. The van der Waals surface area contributed by atoms with Gasteiger partial charge in [0.1, 0.15) is 4.88 Å². The van der Waals surface area contributed by atoms with Crippen molar-refractivity contribution in [2.75, 3.05) is 32.7 Å². The molecule has 2 aromatic rings. The highest BCUT2D eigenvalue weighted by Gasteiger charge is 2.29. The van der Waals surface area contributed by atoms with Crippen LogP contribution in [0, 0.1) is 12.8 Å². The van der Waals surface area contributed by atoms with Crippen LogP contribution in [0.3, 0.4) is 0 Å². The summed E-state index contributed by atoms with van der Waals surface area (Å²) in [6.45, 7) is 11.2. The van der Waals surface area contributed by atoms with Crippen LogP contribution in [-0.4, -0.2) is 65.6 Å². The first-order valence-electron chi connectivity index (χ1n) is 11.1. The predicted molar refractivity (Wildman–Crippen MR) is 121 cm³/mol. The zero-order chi connectivity index (χ0) is 21.1. The average molecular weight is 428 g/mol. The van der Waals surface area contributed by atoms with E-state index in [0.29, 0.717) is 18.1 Å². The van der Waals surface area contributed by atoms with Crippen molar-refractivity contribution in [1.29, 1.82) is 0 Å². The van der Waals surface area contributed by atoms with E-state index in [1.807, 2.05) is 30.0 Å². The fraction of sp³-hybridized carbons (Fsp3) is 0.583. The van der Waals surface area contributed by atoms with Crippen molar-refractivity contribution in [1.82, 2.24) is 14.8 Å². The van der Waals surface area contributed by atoms with Crippen LogP contribution in [-0.2, 0) is 11.2 Å². The summed E-state index contributed by atoms with van der Waals surface area (Å²) in [5, 5.41) is 1.02. The Morgan fingerprint density at radius 1 is 1.13 bits per heavy atom. The summed E-state index contributed by atoms with van der Waals surface area (Å²) in [6.07, 6.45) is 3.59. The molecule has 0 aliphatic carbocycles. The summed E-state index contributed by atoms with van der Waals surface area (Å²) in [6, 6.07) is 10.3. The molecule has 5 nitrogen and oxygen atoms in total. The van der Waals surface area contributed by atoms with Crippen LogP contribution in [0.25, 0.3) is 0 Å². The third kappa shape index (κ3) is 5.29. The number of morpholine rings is 1. The van der Waals surface area contributed by atoms with Gasteiger partial charge in [-0.1, -0.05) is 30.3 Å². The van der Waals surface area contributed by atoms with Crippen LogP contribution in [0.5, 0.6) is 0 Å². The van der Waals surface area contributed by atoms with Gasteiger partial charge in [0.25, 0.3) is 5.91 Å². The molecule has 0 saturated carbocycles. The third-order valence-corrected chi connectivity index (χ3v) is 7.29. The summed E-state index contributed by atoms with van der Waals surface area (Å²) < 4.78 is 5.85. The molecule has 2 aliphatic rings. The van der Waals surface area contributed by atoms with E-state index in [1.54, 1.807) is 11.3 Å². The number of ether oxygens (including phenoxy) is 1. The zero-order valence-corrected chi connectivity index (χ0v) is 19.2. The van der Waals surface area contributed by atoms with Gasteiger partial charge in [-0.2, -0.15) is 0 Å². The van der Waals surface area contributed by atoms with E-state index in [0.717, 1.165) is 67.6 Å². The van der Waals surface area contributed by atoms with Crippen LogP contribution in [0.4, 0.5) is 0 Å². The van der Waals surface area contributed by atoms with Crippen LogP contribution in [0.15, 0.2) is 30.3 Å². The molecule has 2 atom stereocenters. The fourth-order valence-corrected chi connectivity index (χ4v) is 5.82. The Kier molecular flexibility index (Phi) is 6.86. The standard InChI is InChI=1S/C24H33N3O2S/c1-17-14-26(15-18(2)29-17)16-21-9-11-27(12-10-21)24(28)23-19(3)25-22(30-23)13-20-7-5-4-6-8-20/h4-8,17-18,21H,9-16H2,1-3H3. The van der Waals surface area contributed by atoms with Gasteiger partial charge in [0.15, 0.2) is 0 Å². The second kappa shape index (κ2) is 9.58. The molecule has 2 saturated heterocycles. The number of likely N-dealkylation sites (tertiary alicyclic amines) is 1. The molecule has 30 heavy (non-hydrogen) atoms. The Morgan fingerprint density at radius 2 is 1.80 bits per heavy atom. The van der Waals surface area contributed by atoms with E-state index in [1.165, 1.54) is 5.56 Å². The first-order valence-corrected chi connectivity index (χ1v) is 12.0. The van der Waals surface area contributed by atoms with E-state index in [-0.39, 0.29) is 5.91 Å². The number of rotatable bonds is 5. The van der Waals surface area contributed by atoms with Gasteiger partial charge in [-0.05, 0) is 45.1 Å². The predicted octanol–water partition coefficient (Wildman–Crippen LogP) is 4.00. The first kappa shape index (κ1) is 21.5. The van der Waals surface area contributed by atoms with Crippen LogP contribution < -0.4 is 0 Å². The van der Waals surface area contributed by atoms with Crippen molar-refractivity contribution in [3.05, 3.63) is 51.5 Å². The molecule has 4 rings (SSSR count). The molecule has 0 bridgehead atoms. The minimum atomic E-state index is 0.163. The largest absolute Gasteiger partial charge is 0.373 e. The average Bonchev–Trinajstić information content (AvgIpc) is 3.08. The smallest absolute Gasteiger partial charge is 0.265 e. The van der Waals surface area contributed by atoms with E-state index < -0.39 is 0 Å². The number of piperidine rings is 1. The number of hydrogen-bond acceptors (Lipinski definition) is 5. The molecule has 0 spiro atoms. The number of aryl methyl sites for hydroxylation is 1. The number of nitrogens with zero attached hydrogens (tertiary/aromatic N) is 3. The van der Waals surface area contributed by atoms with Crippen LogP contribution in [0.2, 0.25) is 0 Å². The van der Waals surface area contributed by atoms with Crippen molar-refractivity contribution in [3.63, 3.8) is 0 Å². The maximum absolute atomic E-state index is 13.1. The molecular weight excluding hydrogens is 394 g/mol. The Hall–Kier alpha value is -1.76. The van der Waals surface area contributed by atoms with Gasteiger partial charge in [0.2, 0.25) is 0 Å². The Balaban J connectivity index is 1.31. The van der Waals surface area contributed by atoms with Crippen molar-refractivity contribution < 1.29 is 9.53 Å². The summed E-state index contributed by atoms with van der Waals surface area (Å²) >= 11 is 1.56. The van der Waals surface area contributed by atoms with Gasteiger partial charge in [-0.3, -0.25) is 9.69 Å². The number of benzene rings is 1. The van der Waals surface area contributed by atoms with Crippen molar-refractivity contribution in [3.8, 4) is 0 Å². The fourth-order valence-electron chi connectivity index (χ4n) is 4.76. The minimum Gasteiger partial charge on any atom is -0.373 e. The number of aromatic nitrogens is 1. The monoisotopic (exact) mass is 427 g/mol. The van der Waals surface area contributed by atoms with E-state index in [9.17, 15) is 4.79 Å². The summed E-state index contributed by atoms with van der Waals surface area (Å²) in [7, 11) is 0. The molecule has 0 N–H and O–H groups in total. The van der Waals surface area contributed by atoms with Crippen molar-refractivity contribution in [2.24, 2.45) is 5.92 Å². The highest BCUT2D eigenvalue weighted by atomic mass is 32.1. The minimum absolute atomic E-state index is 0.163. The molecule has 1 amide bonds. The molecule has 2 aliphatic heterocycles. The Bertz CT molecular complexity index is 835. The van der Waals surface area contributed by atoms with Crippen molar-refractivity contribution in [2.45, 2.75) is 52.2 Å². The summed E-state index contributed by atoms with van der Waals surface area (Å²) in [4.78, 5) is 23.2. The lowest BCUT2D eigenvalue weighted by Crippen LogP contribution is -2.48. The lowest BCUT2D eigenvalue weighted by Gasteiger charge is -2.39. The molecule has 0 radical (unpaired) electrons. The number of hydrogen-bond donors (Lipinski definition) is 0. The number of thiazole rings is 1. The number of carbonyl (C=O) groups excluding carboxylic acids is 1. The lowest BCUT2D eigenvalue weighted by atomic mass is 9.95. The molecule has 162 valence electrons. The van der Waals surface area contributed by atoms with Crippen molar-refractivity contribution >= 4 is 17.2 Å². The third-order valence-electron chi connectivity index (χ3n) is 6.15. The molecule has 3 heterocycles. The van der Waals surface area contributed by atoms with Gasteiger partial charge in [0, 0.05) is 39.1 Å². The van der Waals surface area contributed by atoms with E-state index >= 15 is 0 Å². The second-order valence-electron chi connectivity index (χ2n) is 8.90.